The second kappa shape index (κ2) is 11.0. The molecule has 0 saturated carbocycles. The van der Waals surface area contributed by atoms with Crippen LogP contribution in [0.2, 0.25) is 0 Å². The smallest absolute Gasteiger partial charge is 0.258 e. The maximum absolute atomic E-state index is 10.7. The molecule has 4 aromatic rings. The van der Waals surface area contributed by atoms with Crippen LogP contribution in [-0.4, -0.2) is 22.3 Å². The maximum Gasteiger partial charge on any atom is 0.269 e. The molecule has 0 radical (unpaired) electrons. The Labute approximate surface area is 205 Å². The third-order valence-corrected chi connectivity index (χ3v) is 5.86. The Morgan fingerprint density at radius 3 is 1.20 bits per heavy atom. The Kier molecular flexibility index (Phi) is 7.39. The van der Waals surface area contributed by atoms with Gasteiger partial charge in [0.05, 0.1) is 21.2 Å². The molecule has 0 heterocycles. The van der Waals surface area contributed by atoms with Crippen molar-refractivity contribution < 1.29 is 9.85 Å². The number of nitrogens with zero attached hydrogens (tertiary/aromatic N) is 4. The van der Waals surface area contributed by atoms with Crippen LogP contribution in [0.25, 0.3) is 0 Å². The fourth-order valence-corrected chi connectivity index (χ4v) is 3.82. The van der Waals surface area contributed by atoms with E-state index in [-0.39, 0.29) is 11.4 Å². The van der Waals surface area contributed by atoms with Crippen molar-refractivity contribution in [1.82, 2.24) is 0 Å². The van der Waals surface area contributed by atoms with Crippen molar-refractivity contribution in [2.45, 2.75) is 9.79 Å². The molecule has 172 valence electrons. The minimum Gasteiger partial charge on any atom is -0.258 e. The zero-order valence-electron chi connectivity index (χ0n) is 18.2. The molecular weight excluding hydrogens is 464 g/mol. The van der Waals surface area contributed by atoms with E-state index in [1.165, 1.54) is 24.3 Å². The second-order valence-corrected chi connectivity index (χ2v) is 8.45. The molecule has 0 fully saturated rings. The highest BCUT2D eigenvalue weighted by molar-refractivity contribution is 7.99. The van der Waals surface area contributed by atoms with Gasteiger partial charge in [-0.25, -0.2) is 0 Å². The van der Waals surface area contributed by atoms with Gasteiger partial charge in [0.1, 0.15) is 0 Å². The average Bonchev–Trinajstić information content (AvgIpc) is 2.88. The fourth-order valence-electron chi connectivity index (χ4n) is 3.00. The molecule has 0 aliphatic carbocycles. The molecule has 35 heavy (non-hydrogen) atoms. The third kappa shape index (κ3) is 6.68. The molecule has 0 atom stereocenters. The van der Waals surface area contributed by atoms with E-state index in [1.54, 1.807) is 48.5 Å². The lowest BCUT2D eigenvalue weighted by Gasteiger charge is -2.03. The van der Waals surface area contributed by atoms with Gasteiger partial charge in [0.2, 0.25) is 0 Å². The van der Waals surface area contributed by atoms with E-state index in [2.05, 4.69) is 9.98 Å². The van der Waals surface area contributed by atoms with E-state index < -0.39 is 9.85 Å². The van der Waals surface area contributed by atoms with Gasteiger partial charge in [0.15, 0.2) is 0 Å². The zero-order valence-corrected chi connectivity index (χ0v) is 19.0. The highest BCUT2D eigenvalue weighted by Gasteiger charge is 2.04. The largest absolute Gasteiger partial charge is 0.269 e. The van der Waals surface area contributed by atoms with Crippen LogP contribution in [0.5, 0.6) is 0 Å². The highest BCUT2D eigenvalue weighted by atomic mass is 32.2. The van der Waals surface area contributed by atoms with Crippen molar-refractivity contribution in [3.8, 4) is 0 Å². The number of hydrogen-bond donors (Lipinski definition) is 0. The average molecular weight is 483 g/mol. The van der Waals surface area contributed by atoms with Gasteiger partial charge in [0, 0.05) is 46.5 Å². The van der Waals surface area contributed by atoms with Crippen molar-refractivity contribution in [3.63, 3.8) is 0 Å². The molecule has 4 rings (SSSR count). The summed E-state index contributed by atoms with van der Waals surface area (Å²) in [5.74, 6) is 0. The summed E-state index contributed by atoms with van der Waals surface area (Å²) in [6, 6.07) is 28.0. The number of nitro groups is 2. The van der Waals surface area contributed by atoms with Crippen molar-refractivity contribution >= 4 is 46.9 Å². The van der Waals surface area contributed by atoms with Crippen molar-refractivity contribution in [2.75, 3.05) is 0 Å². The molecule has 8 nitrogen and oxygen atoms in total. The lowest BCUT2D eigenvalue weighted by atomic mass is 10.2. The number of aliphatic imine (C=N–C) groups is 2. The van der Waals surface area contributed by atoms with E-state index in [9.17, 15) is 20.2 Å². The molecule has 0 unspecified atom stereocenters. The van der Waals surface area contributed by atoms with Crippen molar-refractivity contribution in [1.29, 1.82) is 0 Å². The highest BCUT2D eigenvalue weighted by Crippen LogP contribution is 2.30. The van der Waals surface area contributed by atoms with Crippen LogP contribution in [0, 0.1) is 20.2 Å². The third-order valence-electron chi connectivity index (χ3n) is 4.84. The Morgan fingerprint density at radius 1 is 0.543 bits per heavy atom. The Hall–Kier alpha value is -4.63. The summed E-state index contributed by atoms with van der Waals surface area (Å²) in [7, 11) is 0. The van der Waals surface area contributed by atoms with Gasteiger partial charge in [-0.05, 0) is 83.9 Å². The minimum absolute atomic E-state index is 0.0489. The molecule has 9 heteroatoms. The molecule has 0 aromatic heterocycles. The number of hydrogen-bond acceptors (Lipinski definition) is 7. The zero-order chi connectivity index (χ0) is 24.6. The standard InChI is InChI=1S/C26H18N4O4S/c31-29(32)23-9-1-19(2-10-23)17-27-21-5-13-25(14-6-21)35-26-15-7-22(8-16-26)28-18-20-3-11-24(12-4-20)30(33)34/h1-18H. The summed E-state index contributed by atoms with van der Waals surface area (Å²) >= 11 is 1.61. The monoisotopic (exact) mass is 482 g/mol. The van der Waals surface area contributed by atoms with Crippen molar-refractivity contribution in [2.24, 2.45) is 9.98 Å². The predicted octanol–water partition coefficient (Wildman–Crippen LogP) is 7.16. The van der Waals surface area contributed by atoms with Crippen LogP contribution in [0.3, 0.4) is 0 Å². The SMILES string of the molecule is O=[N+]([O-])c1ccc(C=Nc2ccc(Sc3ccc(N=Cc4ccc([N+](=O)[O-])cc4)cc3)cc2)cc1. The van der Waals surface area contributed by atoms with Gasteiger partial charge >= 0.3 is 0 Å². The number of benzene rings is 4. The van der Waals surface area contributed by atoms with Gasteiger partial charge in [0.25, 0.3) is 11.4 Å². The molecule has 4 aromatic carbocycles. The fraction of sp³-hybridized carbons (Fsp3) is 0. The molecule has 0 aliphatic heterocycles. The van der Waals surface area contributed by atoms with Gasteiger partial charge in [-0.1, -0.05) is 11.8 Å². The topological polar surface area (TPSA) is 111 Å². The number of nitro benzene ring substituents is 2. The van der Waals surface area contributed by atoms with Crippen LogP contribution in [0.4, 0.5) is 22.7 Å². The summed E-state index contributed by atoms with van der Waals surface area (Å²) in [5, 5.41) is 21.5. The lowest BCUT2D eigenvalue weighted by molar-refractivity contribution is -0.385. The summed E-state index contributed by atoms with van der Waals surface area (Å²) in [6.45, 7) is 0. The van der Waals surface area contributed by atoms with Crippen LogP contribution in [0.1, 0.15) is 11.1 Å². The summed E-state index contributed by atoms with van der Waals surface area (Å²) in [5.41, 5.74) is 3.23. The minimum atomic E-state index is -0.431. The molecule has 0 saturated heterocycles. The normalized spacial score (nSPS) is 11.2. The Balaban J connectivity index is 1.33. The predicted molar refractivity (Wildman–Crippen MR) is 138 cm³/mol. The first-order valence-electron chi connectivity index (χ1n) is 10.4. The van der Waals surface area contributed by atoms with E-state index in [0.29, 0.717) is 0 Å². The van der Waals surface area contributed by atoms with Crippen molar-refractivity contribution in [3.05, 3.63) is 128 Å². The van der Waals surface area contributed by atoms with Gasteiger partial charge < -0.3 is 0 Å². The van der Waals surface area contributed by atoms with Gasteiger partial charge in [-0.15, -0.1) is 0 Å². The maximum atomic E-state index is 10.7. The Morgan fingerprint density at radius 2 is 0.886 bits per heavy atom. The number of rotatable bonds is 8. The van der Waals surface area contributed by atoms with E-state index >= 15 is 0 Å². The molecule has 0 amide bonds. The first kappa shape index (κ1) is 23.5. The van der Waals surface area contributed by atoms with Gasteiger partial charge in [-0.3, -0.25) is 30.2 Å². The van der Waals surface area contributed by atoms with E-state index in [1.807, 2.05) is 48.5 Å². The molecular formula is C26H18N4O4S. The molecule has 0 N–H and O–H groups in total. The lowest BCUT2D eigenvalue weighted by Crippen LogP contribution is -1.88. The summed E-state index contributed by atoms with van der Waals surface area (Å²) < 4.78 is 0. The van der Waals surface area contributed by atoms with Crippen LogP contribution < -0.4 is 0 Å². The van der Waals surface area contributed by atoms with Crippen LogP contribution in [0.15, 0.2) is 117 Å². The van der Waals surface area contributed by atoms with Crippen LogP contribution in [-0.2, 0) is 0 Å². The van der Waals surface area contributed by atoms with Crippen LogP contribution >= 0.6 is 11.8 Å². The summed E-state index contributed by atoms with van der Waals surface area (Å²) in [6.07, 6.45) is 3.34. The first-order valence-corrected chi connectivity index (χ1v) is 11.2. The summed E-state index contributed by atoms with van der Waals surface area (Å²) in [4.78, 5) is 31.5. The molecule has 0 spiro atoms. The molecule has 0 aliphatic rings. The first-order chi connectivity index (χ1) is 17.0. The quantitative estimate of drug-likeness (QED) is 0.150. The Bertz CT molecular complexity index is 1270. The number of non-ortho nitro benzene ring substituents is 2. The van der Waals surface area contributed by atoms with E-state index in [0.717, 1.165) is 32.3 Å². The van der Waals surface area contributed by atoms with E-state index in [4.69, 9.17) is 0 Å². The molecule has 0 bridgehead atoms. The van der Waals surface area contributed by atoms with Gasteiger partial charge in [-0.2, -0.15) is 0 Å². The second-order valence-electron chi connectivity index (χ2n) is 7.30.